The third-order valence-corrected chi connectivity index (χ3v) is 3.45. The summed E-state index contributed by atoms with van der Waals surface area (Å²) in [5.41, 5.74) is 3.69. The Morgan fingerprint density at radius 1 is 1.44 bits per heavy atom. The number of hydrogen-bond donors (Lipinski definition) is 1. The van der Waals surface area contributed by atoms with Crippen LogP contribution in [-0.2, 0) is 13.0 Å². The van der Waals surface area contributed by atoms with E-state index in [-0.39, 0.29) is 0 Å². The van der Waals surface area contributed by atoms with Gasteiger partial charge < -0.3 is 14.6 Å². The van der Waals surface area contributed by atoms with Crippen molar-refractivity contribution < 1.29 is 9.26 Å². The lowest BCUT2D eigenvalue weighted by molar-refractivity contribution is 0.403. The predicted molar refractivity (Wildman–Crippen MR) is 67.4 cm³/mol. The molecule has 0 aliphatic heterocycles. The van der Waals surface area contributed by atoms with Gasteiger partial charge >= 0.3 is 0 Å². The van der Waals surface area contributed by atoms with Crippen molar-refractivity contribution in [3.05, 3.63) is 47.3 Å². The van der Waals surface area contributed by atoms with Crippen LogP contribution in [-0.4, -0.2) is 12.3 Å². The van der Waals surface area contributed by atoms with Crippen molar-refractivity contribution in [1.29, 1.82) is 0 Å². The number of rotatable bonds is 4. The Morgan fingerprint density at radius 2 is 2.39 bits per heavy atom. The lowest BCUT2D eigenvalue weighted by atomic mass is 10.1. The van der Waals surface area contributed by atoms with Crippen LogP contribution in [0.3, 0.4) is 0 Å². The Balaban J connectivity index is 1.73. The quantitative estimate of drug-likeness (QED) is 0.897. The van der Waals surface area contributed by atoms with Gasteiger partial charge in [0.25, 0.3) is 0 Å². The molecular weight excluding hydrogens is 228 g/mol. The molecule has 1 aliphatic carbocycles. The highest BCUT2D eigenvalue weighted by Crippen LogP contribution is 2.33. The second-order valence-corrected chi connectivity index (χ2v) is 4.53. The molecule has 0 radical (unpaired) electrons. The summed E-state index contributed by atoms with van der Waals surface area (Å²) in [6.45, 7) is 0.734. The maximum absolute atomic E-state index is 5.28. The largest absolute Gasteiger partial charge is 0.497 e. The first kappa shape index (κ1) is 11.3. The van der Waals surface area contributed by atoms with E-state index in [2.05, 4.69) is 22.6 Å². The molecule has 1 aliphatic rings. The first-order valence-electron chi connectivity index (χ1n) is 6.16. The van der Waals surface area contributed by atoms with E-state index in [0.29, 0.717) is 6.04 Å². The zero-order valence-corrected chi connectivity index (χ0v) is 10.3. The average Bonchev–Trinajstić information content (AvgIpc) is 3.05. The molecule has 4 heteroatoms. The van der Waals surface area contributed by atoms with Gasteiger partial charge in [0.2, 0.25) is 0 Å². The van der Waals surface area contributed by atoms with Crippen LogP contribution in [0.25, 0.3) is 0 Å². The van der Waals surface area contributed by atoms with Crippen molar-refractivity contribution >= 4 is 0 Å². The first-order chi connectivity index (χ1) is 8.86. The number of aromatic nitrogens is 1. The van der Waals surface area contributed by atoms with E-state index in [1.165, 1.54) is 11.1 Å². The minimum atomic E-state index is 0.381. The Labute approximate surface area is 106 Å². The second kappa shape index (κ2) is 4.82. The molecule has 18 heavy (non-hydrogen) atoms. The lowest BCUT2D eigenvalue weighted by Gasteiger charge is -2.13. The van der Waals surface area contributed by atoms with Crippen LogP contribution in [0.5, 0.6) is 5.75 Å². The molecule has 94 valence electrons. The number of ether oxygens (including phenoxy) is 1. The van der Waals surface area contributed by atoms with Crippen LogP contribution in [0.15, 0.2) is 35.1 Å². The number of hydrogen-bond acceptors (Lipinski definition) is 4. The van der Waals surface area contributed by atoms with E-state index < -0.39 is 0 Å². The number of aryl methyl sites for hydroxylation is 1. The topological polar surface area (TPSA) is 47.3 Å². The highest BCUT2D eigenvalue weighted by atomic mass is 16.5. The minimum absolute atomic E-state index is 0.381. The molecular formula is C14H16N2O2. The Kier molecular flexibility index (Phi) is 3.02. The summed E-state index contributed by atoms with van der Waals surface area (Å²) < 4.78 is 10.1. The van der Waals surface area contributed by atoms with Gasteiger partial charge in [-0.05, 0) is 36.1 Å². The van der Waals surface area contributed by atoms with Crippen molar-refractivity contribution in [2.75, 3.05) is 7.11 Å². The summed E-state index contributed by atoms with van der Waals surface area (Å²) in [4.78, 5) is 0. The molecule has 1 aromatic carbocycles. The fourth-order valence-corrected chi connectivity index (χ4v) is 2.48. The lowest BCUT2D eigenvalue weighted by Crippen LogP contribution is -2.18. The van der Waals surface area contributed by atoms with Crippen LogP contribution in [0.4, 0.5) is 0 Å². The molecule has 0 amide bonds. The Hall–Kier alpha value is -1.81. The number of benzene rings is 1. The van der Waals surface area contributed by atoms with E-state index in [1.54, 1.807) is 13.4 Å². The maximum atomic E-state index is 5.28. The zero-order valence-electron chi connectivity index (χ0n) is 10.3. The number of methoxy groups -OCH3 is 1. The van der Waals surface area contributed by atoms with Gasteiger partial charge in [-0.15, -0.1) is 0 Å². The summed E-state index contributed by atoms with van der Waals surface area (Å²) in [7, 11) is 1.70. The molecule has 1 unspecified atom stereocenters. The maximum Gasteiger partial charge on any atom is 0.124 e. The molecule has 0 saturated heterocycles. The van der Waals surface area contributed by atoms with E-state index in [4.69, 9.17) is 9.26 Å². The van der Waals surface area contributed by atoms with E-state index >= 15 is 0 Å². The molecule has 1 N–H and O–H groups in total. The van der Waals surface area contributed by atoms with Gasteiger partial charge in [-0.25, -0.2) is 0 Å². The number of nitrogens with one attached hydrogen (secondary N) is 1. The molecule has 4 nitrogen and oxygen atoms in total. The monoisotopic (exact) mass is 244 g/mol. The minimum Gasteiger partial charge on any atom is -0.497 e. The van der Waals surface area contributed by atoms with Gasteiger partial charge in [0.05, 0.1) is 12.8 Å². The van der Waals surface area contributed by atoms with Crippen LogP contribution in [0, 0.1) is 0 Å². The van der Waals surface area contributed by atoms with E-state index in [0.717, 1.165) is 30.8 Å². The Bertz CT molecular complexity index is 523. The predicted octanol–water partition coefficient (Wildman–Crippen LogP) is 2.46. The van der Waals surface area contributed by atoms with Crippen LogP contribution < -0.4 is 10.1 Å². The third kappa shape index (κ3) is 2.11. The highest BCUT2D eigenvalue weighted by molar-refractivity contribution is 5.40. The second-order valence-electron chi connectivity index (χ2n) is 4.53. The average molecular weight is 244 g/mol. The van der Waals surface area contributed by atoms with Crippen molar-refractivity contribution in [2.24, 2.45) is 0 Å². The molecule has 2 aromatic rings. The summed E-state index contributed by atoms with van der Waals surface area (Å²) in [6.07, 6.45) is 3.85. The SMILES string of the molecule is COc1ccc2c(c1)C(NCc1ccon1)CC2. The first-order valence-corrected chi connectivity index (χ1v) is 6.16. The van der Waals surface area contributed by atoms with Gasteiger partial charge in [-0.2, -0.15) is 0 Å². The van der Waals surface area contributed by atoms with Crippen molar-refractivity contribution in [1.82, 2.24) is 10.5 Å². The smallest absolute Gasteiger partial charge is 0.124 e. The van der Waals surface area contributed by atoms with Gasteiger partial charge in [0, 0.05) is 18.7 Å². The summed E-state index contributed by atoms with van der Waals surface area (Å²) in [5.74, 6) is 0.920. The zero-order chi connectivity index (χ0) is 12.4. The standard InChI is InChI=1S/C14H16N2O2/c1-17-12-4-2-10-3-5-14(13(10)8-12)15-9-11-6-7-18-16-11/h2,4,6-8,14-15H,3,5,9H2,1H3. The summed E-state index contributed by atoms with van der Waals surface area (Å²) in [6, 6.07) is 8.58. The molecule has 0 fully saturated rings. The van der Waals surface area contributed by atoms with Crippen LogP contribution in [0.1, 0.15) is 29.3 Å². The molecule has 1 atom stereocenters. The van der Waals surface area contributed by atoms with Crippen molar-refractivity contribution in [3.8, 4) is 5.75 Å². The summed E-state index contributed by atoms with van der Waals surface area (Å²) >= 11 is 0. The molecule has 0 bridgehead atoms. The van der Waals surface area contributed by atoms with E-state index in [9.17, 15) is 0 Å². The van der Waals surface area contributed by atoms with Crippen molar-refractivity contribution in [3.63, 3.8) is 0 Å². The van der Waals surface area contributed by atoms with Gasteiger partial charge in [0.15, 0.2) is 0 Å². The summed E-state index contributed by atoms with van der Waals surface area (Å²) in [5, 5.41) is 7.42. The molecule has 0 saturated carbocycles. The molecule has 3 rings (SSSR count). The third-order valence-electron chi connectivity index (χ3n) is 3.45. The number of nitrogens with zero attached hydrogens (tertiary/aromatic N) is 1. The van der Waals surface area contributed by atoms with Crippen molar-refractivity contribution in [2.45, 2.75) is 25.4 Å². The molecule has 0 spiro atoms. The van der Waals surface area contributed by atoms with Gasteiger partial charge in [0.1, 0.15) is 12.0 Å². The highest BCUT2D eigenvalue weighted by Gasteiger charge is 2.22. The molecule has 1 aromatic heterocycles. The van der Waals surface area contributed by atoms with Gasteiger partial charge in [-0.1, -0.05) is 11.2 Å². The van der Waals surface area contributed by atoms with E-state index in [1.807, 2.05) is 12.1 Å². The van der Waals surface area contributed by atoms with Crippen LogP contribution >= 0.6 is 0 Å². The normalized spacial score (nSPS) is 17.7. The number of fused-ring (bicyclic) bond motifs is 1. The van der Waals surface area contributed by atoms with Crippen LogP contribution in [0.2, 0.25) is 0 Å². The molecule has 1 heterocycles. The Morgan fingerprint density at radius 3 is 3.17 bits per heavy atom. The fourth-order valence-electron chi connectivity index (χ4n) is 2.48. The fraction of sp³-hybridized carbons (Fsp3) is 0.357. The van der Waals surface area contributed by atoms with Gasteiger partial charge in [-0.3, -0.25) is 0 Å².